The minimum atomic E-state index is 0.114. The van der Waals surface area contributed by atoms with Crippen molar-refractivity contribution >= 4 is 0 Å². The Morgan fingerprint density at radius 1 is 1.37 bits per heavy atom. The molecule has 1 aromatic heterocycles. The Bertz CT molecular complexity index is 539. The molecular formula is C13H18N4O2. The Morgan fingerprint density at radius 2 is 2.16 bits per heavy atom. The van der Waals surface area contributed by atoms with Crippen molar-refractivity contribution in [3.63, 3.8) is 0 Å². The molecule has 0 amide bonds. The summed E-state index contributed by atoms with van der Waals surface area (Å²) in [6, 6.07) is 7.68. The van der Waals surface area contributed by atoms with Gasteiger partial charge in [0.1, 0.15) is 11.4 Å². The van der Waals surface area contributed by atoms with Gasteiger partial charge >= 0.3 is 0 Å². The van der Waals surface area contributed by atoms with Crippen LogP contribution in [0.5, 0.6) is 5.75 Å². The van der Waals surface area contributed by atoms with E-state index in [1.807, 2.05) is 24.3 Å². The molecule has 0 saturated heterocycles. The van der Waals surface area contributed by atoms with E-state index < -0.39 is 0 Å². The van der Waals surface area contributed by atoms with Gasteiger partial charge in [-0.25, -0.2) is 4.68 Å². The molecule has 0 aliphatic carbocycles. The SMILES string of the molecule is COc1ccccc1-c1c(CN)nnn1CCCO. The van der Waals surface area contributed by atoms with Crippen molar-refractivity contribution < 1.29 is 9.84 Å². The van der Waals surface area contributed by atoms with Crippen molar-refractivity contribution in [2.45, 2.75) is 19.5 Å². The fourth-order valence-corrected chi connectivity index (χ4v) is 2.00. The van der Waals surface area contributed by atoms with Gasteiger partial charge in [-0.1, -0.05) is 17.3 Å². The Labute approximate surface area is 111 Å². The number of hydrogen-bond donors (Lipinski definition) is 2. The maximum absolute atomic E-state index is 8.94. The summed E-state index contributed by atoms with van der Waals surface area (Å²) in [4.78, 5) is 0. The zero-order chi connectivity index (χ0) is 13.7. The summed E-state index contributed by atoms with van der Waals surface area (Å²) in [5.74, 6) is 0.754. The molecule has 0 atom stereocenters. The van der Waals surface area contributed by atoms with Crippen LogP contribution in [-0.4, -0.2) is 33.8 Å². The minimum absolute atomic E-state index is 0.114. The molecule has 102 valence electrons. The van der Waals surface area contributed by atoms with Crippen LogP contribution in [0.3, 0.4) is 0 Å². The maximum Gasteiger partial charge on any atom is 0.128 e. The second-order valence-corrected chi connectivity index (χ2v) is 4.09. The van der Waals surface area contributed by atoms with Crippen LogP contribution in [0.1, 0.15) is 12.1 Å². The molecule has 0 aliphatic heterocycles. The predicted molar refractivity (Wildman–Crippen MR) is 71.6 cm³/mol. The van der Waals surface area contributed by atoms with Crippen molar-refractivity contribution in [3.05, 3.63) is 30.0 Å². The number of benzene rings is 1. The fourth-order valence-electron chi connectivity index (χ4n) is 2.00. The van der Waals surface area contributed by atoms with Crippen molar-refractivity contribution in [3.8, 4) is 17.0 Å². The summed E-state index contributed by atoms with van der Waals surface area (Å²) in [5, 5.41) is 17.1. The van der Waals surface area contributed by atoms with E-state index in [1.54, 1.807) is 11.8 Å². The van der Waals surface area contributed by atoms with Gasteiger partial charge in [0, 0.05) is 25.3 Å². The molecule has 19 heavy (non-hydrogen) atoms. The molecule has 1 aromatic carbocycles. The van der Waals surface area contributed by atoms with Crippen LogP contribution in [0.4, 0.5) is 0 Å². The van der Waals surface area contributed by atoms with E-state index in [0.29, 0.717) is 19.5 Å². The number of ether oxygens (including phenoxy) is 1. The van der Waals surface area contributed by atoms with Gasteiger partial charge in [-0.3, -0.25) is 0 Å². The molecule has 2 rings (SSSR count). The van der Waals surface area contributed by atoms with E-state index in [4.69, 9.17) is 15.6 Å². The molecule has 0 fully saturated rings. The van der Waals surface area contributed by atoms with Crippen LogP contribution in [0.15, 0.2) is 24.3 Å². The smallest absolute Gasteiger partial charge is 0.128 e. The highest BCUT2D eigenvalue weighted by Gasteiger charge is 2.16. The third kappa shape index (κ3) is 2.74. The number of rotatable bonds is 6. The highest BCUT2D eigenvalue weighted by atomic mass is 16.5. The fraction of sp³-hybridized carbons (Fsp3) is 0.385. The van der Waals surface area contributed by atoms with E-state index in [2.05, 4.69) is 10.3 Å². The monoisotopic (exact) mass is 262 g/mol. The van der Waals surface area contributed by atoms with Crippen molar-refractivity contribution in [2.75, 3.05) is 13.7 Å². The number of aliphatic hydroxyl groups is 1. The topological polar surface area (TPSA) is 86.2 Å². The van der Waals surface area contributed by atoms with Gasteiger partial charge in [0.15, 0.2) is 0 Å². The predicted octanol–water partition coefficient (Wildman–Crippen LogP) is 0.795. The third-order valence-electron chi connectivity index (χ3n) is 2.89. The Balaban J connectivity index is 2.49. The van der Waals surface area contributed by atoms with Crippen molar-refractivity contribution in [1.29, 1.82) is 0 Å². The summed E-state index contributed by atoms with van der Waals surface area (Å²) in [7, 11) is 1.63. The van der Waals surface area contributed by atoms with E-state index in [1.165, 1.54) is 0 Å². The van der Waals surface area contributed by atoms with E-state index >= 15 is 0 Å². The van der Waals surface area contributed by atoms with Crippen LogP contribution in [0.25, 0.3) is 11.3 Å². The number of methoxy groups -OCH3 is 1. The van der Waals surface area contributed by atoms with Crippen LogP contribution in [0.2, 0.25) is 0 Å². The Kier molecular flexibility index (Phi) is 4.48. The lowest BCUT2D eigenvalue weighted by molar-refractivity contribution is 0.276. The highest BCUT2D eigenvalue weighted by Crippen LogP contribution is 2.31. The van der Waals surface area contributed by atoms with Crippen LogP contribution >= 0.6 is 0 Å². The number of aliphatic hydroxyl groups excluding tert-OH is 1. The second-order valence-electron chi connectivity index (χ2n) is 4.09. The van der Waals surface area contributed by atoms with Gasteiger partial charge in [0.25, 0.3) is 0 Å². The molecule has 0 unspecified atom stereocenters. The molecule has 6 nitrogen and oxygen atoms in total. The molecule has 0 saturated carbocycles. The molecule has 0 radical (unpaired) electrons. The number of hydrogen-bond acceptors (Lipinski definition) is 5. The van der Waals surface area contributed by atoms with E-state index in [0.717, 1.165) is 22.7 Å². The standard InChI is InChI=1S/C13H18N4O2/c1-19-12-6-3-2-5-10(12)13-11(9-14)15-16-17(13)7-4-8-18/h2-3,5-6,18H,4,7-9,14H2,1H3. The Hall–Kier alpha value is -1.92. The quantitative estimate of drug-likeness (QED) is 0.804. The summed E-state index contributed by atoms with van der Waals surface area (Å²) < 4.78 is 7.13. The minimum Gasteiger partial charge on any atom is -0.496 e. The van der Waals surface area contributed by atoms with Gasteiger partial charge < -0.3 is 15.6 Å². The number of aryl methyl sites for hydroxylation is 1. The summed E-state index contributed by atoms with van der Waals surface area (Å²) in [6.45, 7) is 1.02. The van der Waals surface area contributed by atoms with Crippen molar-refractivity contribution in [2.24, 2.45) is 5.73 Å². The molecule has 0 aliphatic rings. The summed E-state index contributed by atoms with van der Waals surface area (Å²) in [6.07, 6.45) is 0.621. The van der Waals surface area contributed by atoms with Crippen LogP contribution < -0.4 is 10.5 Å². The molecule has 1 heterocycles. The maximum atomic E-state index is 8.94. The first-order valence-corrected chi connectivity index (χ1v) is 6.18. The zero-order valence-electron chi connectivity index (χ0n) is 10.9. The van der Waals surface area contributed by atoms with Crippen molar-refractivity contribution in [1.82, 2.24) is 15.0 Å². The summed E-state index contributed by atoms with van der Waals surface area (Å²) in [5.41, 5.74) is 8.21. The number of aromatic nitrogens is 3. The number of para-hydroxylation sites is 1. The first kappa shape index (κ1) is 13.5. The molecule has 2 aromatic rings. The third-order valence-corrected chi connectivity index (χ3v) is 2.89. The largest absolute Gasteiger partial charge is 0.496 e. The van der Waals surface area contributed by atoms with Gasteiger partial charge in [-0.05, 0) is 18.6 Å². The van der Waals surface area contributed by atoms with Crippen LogP contribution in [-0.2, 0) is 13.1 Å². The molecule has 0 spiro atoms. The highest BCUT2D eigenvalue weighted by molar-refractivity contribution is 5.69. The number of nitrogens with zero attached hydrogens (tertiary/aromatic N) is 3. The lowest BCUT2D eigenvalue weighted by Crippen LogP contribution is -2.06. The first-order chi connectivity index (χ1) is 9.31. The normalized spacial score (nSPS) is 10.7. The molecule has 0 bridgehead atoms. The van der Waals surface area contributed by atoms with E-state index in [9.17, 15) is 0 Å². The zero-order valence-corrected chi connectivity index (χ0v) is 10.9. The average molecular weight is 262 g/mol. The molecule has 3 N–H and O–H groups in total. The van der Waals surface area contributed by atoms with E-state index in [-0.39, 0.29) is 6.61 Å². The Morgan fingerprint density at radius 3 is 2.84 bits per heavy atom. The number of nitrogens with two attached hydrogens (primary N) is 1. The van der Waals surface area contributed by atoms with Gasteiger partial charge in [-0.2, -0.15) is 0 Å². The summed E-state index contributed by atoms with van der Waals surface area (Å²) >= 11 is 0. The second kappa shape index (κ2) is 6.31. The lowest BCUT2D eigenvalue weighted by atomic mass is 10.1. The van der Waals surface area contributed by atoms with Gasteiger partial charge in [0.05, 0.1) is 12.8 Å². The van der Waals surface area contributed by atoms with Gasteiger partial charge in [-0.15, -0.1) is 5.10 Å². The van der Waals surface area contributed by atoms with Crippen LogP contribution in [0, 0.1) is 0 Å². The van der Waals surface area contributed by atoms with Gasteiger partial charge in [0.2, 0.25) is 0 Å². The molecular weight excluding hydrogens is 244 g/mol. The molecule has 6 heteroatoms. The average Bonchev–Trinajstić information content (AvgIpc) is 2.87. The lowest BCUT2D eigenvalue weighted by Gasteiger charge is -2.11. The first-order valence-electron chi connectivity index (χ1n) is 6.18.